The molecule has 0 atom stereocenters. The van der Waals surface area contributed by atoms with E-state index >= 15 is 0 Å². The number of amides is 1. The Hall–Kier alpha value is -2.48. The molecule has 1 aliphatic carbocycles. The predicted octanol–water partition coefficient (Wildman–Crippen LogP) is 1.68. The molecule has 3 aromatic rings. The number of carbonyl (C=O) groups excluding carboxylic acids is 1. The summed E-state index contributed by atoms with van der Waals surface area (Å²) in [4.78, 5) is 25.7. The Labute approximate surface area is 141 Å². The van der Waals surface area contributed by atoms with Gasteiger partial charge in [0, 0.05) is 6.04 Å². The summed E-state index contributed by atoms with van der Waals surface area (Å²) >= 11 is 1.56. The zero-order valence-corrected chi connectivity index (χ0v) is 13.8. The van der Waals surface area contributed by atoms with E-state index in [1.807, 2.05) is 17.5 Å². The van der Waals surface area contributed by atoms with Crippen LogP contribution in [-0.2, 0) is 11.3 Å². The van der Waals surface area contributed by atoms with E-state index in [9.17, 15) is 9.59 Å². The highest BCUT2D eigenvalue weighted by Gasteiger charge is 2.18. The van der Waals surface area contributed by atoms with E-state index in [1.54, 1.807) is 17.4 Å². The van der Waals surface area contributed by atoms with Crippen molar-refractivity contribution >= 4 is 22.8 Å². The minimum Gasteiger partial charge on any atom is -0.352 e. The zero-order chi connectivity index (χ0) is 16.5. The summed E-state index contributed by atoms with van der Waals surface area (Å²) in [6.45, 7) is -0.0641. The molecular weight excluding hydrogens is 326 g/mol. The van der Waals surface area contributed by atoms with E-state index in [0.29, 0.717) is 5.52 Å². The average molecular weight is 343 g/mol. The highest BCUT2D eigenvalue weighted by atomic mass is 32.1. The van der Waals surface area contributed by atoms with Crippen molar-refractivity contribution in [3.05, 3.63) is 40.3 Å². The van der Waals surface area contributed by atoms with Crippen molar-refractivity contribution in [3.63, 3.8) is 0 Å². The number of hydrogen-bond donors (Lipinski definition) is 1. The first-order valence-electron chi connectivity index (χ1n) is 7.99. The molecule has 0 aliphatic heterocycles. The smallest absolute Gasteiger partial charge is 0.293 e. The van der Waals surface area contributed by atoms with Gasteiger partial charge in [-0.05, 0) is 30.4 Å². The Kier molecular flexibility index (Phi) is 3.89. The molecule has 0 aromatic carbocycles. The maximum atomic E-state index is 12.5. The van der Waals surface area contributed by atoms with Crippen LogP contribution in [0.2, 0.25) is 0 Å². The first kappa shape index (κ1) is 15.1. The first-order valence-corrected chi connectivity index (χ1v) is 8.87. The molecule has 3 heterocycles. The summed E-state index contributed by atoms with van der Waals surface area (Å²) < 4.78 is 2.66. The molecule has 4 rings (SSSR count). The summed E-state index contributed by atoms with van der Waals surface area (Å²) in [7, 11) is 0. The molecule has 1 saturated carbocycles. The number of fused-ring (bicyclic) bond motifs is 1. The van der Waals surface area contributed by atoms with Crippen LogP contribution in [0.3, 0.4) is 0 Å². The van der Waals surface area contributed by atoms with Crippen molar-refractivity contribution < 1.29 is 4.79 Å². The largest absolute Gasteiger partial charge is 0.352 e. The van der Waals surface area contributed by atoms with Gasteiger partial charge in [0.25, 0.3) is 5.56 Å². The van der Waals surface area contributed by atoms with Crippen molar-refractivity contribution in [1.29, 1.82) is 0 Å². The molecule has 1 aliphatic rings. The van der Waals surface area contributed by atoms with Gasteiger partial charge < -0.3 is 5.32 Å². The van der Waals surface area contributed by atoms with E-state index in [2.05, 4.69) is 15.5 Å². The predicted molar refractivity (Wildman–Crippen MR) is 91.0 cm³/mol. The molecule has 0 spiro atoms. The average Bonchev–Trinajstić information content (AvgIpc) is 3.29. The lowest BCUT2D eigenvalue weighted by molar-refractivity contribution is -0.122. The zero-order valence-electron chi connectivity index (χ0n) is 13.0. The van der Waals surface area contributed by atoms with Gasteiger partial charge in [0.2, 0.25) is 5.91 Å². The Morgan fingerprint density at radius 2 is 2.21 bits per heavy atom. The molecule has 1 N–H and O–H groups in total. The third-order valence-electron chi connectivity index (χ3n) is 4.28. The second kappa shape index (κ2) is 6.20. The Morgan fingerprint density at radius 3 is 2.96 bits per heavy atom. The lowest BCUT2D eigenvalue weighted by Crippen LogP contribution is -2.38. The topological polar surface area (TPSA) is 81.3 Å². The van der Waals surface area contributed by atoms with Crippen LogP contribution >= 0.6 is 11.3 Å². The van der Waals surface area contributed by atoms with Crippen molar-refractivity contribution in [2.45, 2.75) is 38.3 Å². The van der Waals surface area contributed by atoms with Crippen molar-refractivity contribution in [3.8, 4) is 10.6 Å². The molecule has 1 amide bonds. The van der Waals surface area contributed by atoms with Gasteiger partial charge in [-0.15, -0.1) is 11.3 Å². The molecule has 1 fully saturated rings. The highest BCUT2D eigenvalue weighted by Crippen LogP contribution is 2.23. The van der Waals surface area contributed by atoms with Gasteiger partial charge in [0.1, 0.15) is 24.1 Å². The van der Waals surface area contributed by atoms with Crippen molar-refractivity contribution in [2.24, 2.45) is 0 Å². The number of carbonyl (C=O) groups is 1. The van der Waals surface area contributed by atoms with Gasteiger partial charge in [0.05, 0.1) is 4.88 Å². The fraction of sp³-hybridized carbons (Fsp3) is 0.375. The molecule has 24 heavy (non-hydrogen) atoms. The minimum absolute atomic E-state index is 0.0641. The SMILES string of the molecule is O=C(Cn1ncn2nc(-c3cccs3)cc2c1=O)NC1CCCC1. The summed E-state index contributed by atoms with van der Waals surface area (Å²) in [5.74, 6) is -0.168. The van der Waals surface area contributed by atoms with Crippen LogP contribution < -0.4 is 10.9 Å². The highest BCUT2D eigenvalue weighted by molar-refractivity contribution is 7.13. The van der Waals surface area contributed by atoms with Gasteiger partial charge in [-0.2, -0.15) is 10.2 Å². The number of thiophene rings is 1. The summed E-state index contributed by atoms with van der Waals surface area (Å²) in [5, 5.41) is 13.4. The van der Waals surface area contributed by atoms with E-state index in [1.165, 1.54) is 15.5 Å². The van der Waals surface area contributed by atoms with Crippen LogP contribution in [0.5, 0.6) is 0 Å². The molecule has 0 unspecified atom stereocenters. The number of hydrogen-bond acceptors (Lipinski definition) is 5. The van der Waals surface area contributed by atoms with Crippen LogP contribution in [0.15, 0.2) is 34.7 Å². The Bertz CT molecular complexity index is 922. The molecule has 3 aromatic heterocycles. The van der Waals surface area contributed by atoms with Gasteiger partial charge in [0.15, 0.2) is 0 Å². The maximum Gasteiger partial charge on any atom is 0.293 e. The molecule has 0 saturated heterocycles. The number of rotatable bonds is 4. The van der Waals surface area contributed by atoms with E-state index in [0.717, 1.165) is 36.3 Å². The second-order valence-corrected chi connectivity index (χ2v) is 6.93. The summed E-state index contributed by atoms with van der Waals surface area (Å²) in [6, 6.07) is 5.86. The number of nitrogens with one attached hydrogen (secondary N) is 1. The summed E-state index contributed by atoms with van der Waals surface area (Å²) in [5.41, 5.74) is 0.841. The Balaban J connectivity index is 1.58. The van der Waals surface area contributed by atoms with E-state index in [-0.39, 0.29) is 24.1 Å². The van der Waals surface area contributed by atoms with Crippen LogP contribution in [0.4, 0.5) is 0 Å². The number of nitrogens with zero attached hydrogens (tertiary/aromatic N) is 4. The van der Waals surface area contributed by atoms with E-state index in [4.69, 9.17) is 0 Å². The van der Waals surface area contributed by atoms with Gasteiger partial charge in [-0.1, -0.05) is 18.9 Å². The first-order chi connectivity index (χ1) is 11.7. The lowest BCUT2D eigenvalue weighted by atomic mass is 10.2. The van der Waals surface area contributed by atoms with Crippen LogP contribution in [-0.4, -0.2) is 31.3 Å². The third kappa shape index (κ3) is 2.84. The maximum absolute atomic E-state index is 12.5. The third-order valence-corrected chi connectivity index (χ3v) is 5.17. The van der Waals surface area contributed by atoms with Crippen LogP contribution in [0, 0.1) is 0 Å². The van der Waals surface area contributed by atoms with Gasteiger partial charge in [-0.3, -0.25) is 9.59 Å². The molecule has 8 heteroatoms. The standard InChI is InChI=1S/C16H17N5O2S/c22-15(18-11-4-1-2-5-11)9-20-16(23)13-8-12(14-6-3-7-24-14)19-21(13)10-17-20/h3,6-8,10-11H,1-2,4-5,9H2,(H,18,22). The van der Waals surface area contributed by atoms with Gasteiger partial charge >= 0.3 is 0 Å². The summed E-state index contributed by atoms with van der Waals surface area (Å²) in [6.07, 6.45) is 5.79. The molecule has 0 bridgehead atoms. The normalized spacial score (nSPS) is 15.2. The minimum atomic E-state index is -0.311. The Morgan fingerprint density at radius 1 is 1.38 bits per heavy atom. The fourth-order valence-corrected chi connectivity index (χ4v) is 3.76. The van der Waals surface area contributed by atoms with Crippen molar-refractivity contribution in [2.75, 3.05) is 0 Å². The quantitative estimate of drug-likeness (QED) is 0.781. The monoisotopic (exact) mass is 343 g/mol. The van der Waals surface area contributed by atoms with Crippen LogP contribution in [0.1, 0.15) is 25.7 Å². The molecular formula is C16H17N5O2S. The molecule has 0 radical (unpaired) electrons. The van der Waals surface area contributed by atoms with Gasteiger partial charge in [-0.25, -0.2) is 9.20 Å². The van der Waals surface area contributed by atoms with E-state index < -0.39 is 0 Å². The second-order valence-electron chi connectivity index (χ2n) is 5.98. The fourth-order valence-electron chi connectivity index (χ4n) is 3.07. The number of aromatic nitrogens is 4. The van der Waals surface area contributed by atoms with Crippen LogP contribution in [0.25, 0.3) is 16.1 Å². The molecule has 124 valence electrons. The van der Waals surface area contributed by atoms with Crippen molar-refractivity contribution in [1.82, 2.24) is 24.7 Å². The molecule has 7 nitrogen and oxygen atoms in total. The lowest BCUT2D eigenvalue weighted by Gasteiger charge is -2.12.